The molecule has 0 aliphatic heterocycles. The number of hydrogen-bond donors (Lipinski definition) is 0. The Morgan fingerprint density at radius 3 is 2.56 bits per heavy atom. The molecule has 0 fully saturated rings. The molecular weight excluding hydrogens is 425 g/mol. The van der Waals surface area contributed by atoms with Gasteiger partial charge in [0.15, 0.2) is 17.5 Å². The van der Waals surface area contributed by atoms with Crippen LogP contribution in [0.4, 0.5) is 13.2 Å². The second kappa shape index (κ2) is 9.56. The van der Waals surface area contributed by atoms with Crippen LogP contribution in [-0.4, -0.2) is 16.9 Å². The van der Waals surface area contributed by atoms with E-state index >= 15 is 0 Å². The number of nitrogens with zero attached hydrogens (tertiary/aromatic N) is 2. The van der Waals surface area contributed by atoms with Crippen molar-refractivity contribution in [2.24, 2.45) is 5.92 Å². The average molecular weight is 444 g/mol. The molecule has 2 atom stereocenters. The van der Waals surface area contributed by atoms with Gasteiger partial charge in [0.1, 0.15) is 22.9 Å². The summed E-state index contributed by atoms with van der Waals surface area (Å²) in [6.07, 6.45) is -2.94. The van der Waals surface area contributed by atoms with E-state index in [0.29, 0.717) is 24.3 Å². The molecule has 0 N–H and O–H groups in total. The summed E-state index contributed by atoms with van der Waals surface area (Å²) in [5.41, 5.74) is -0.671. The lowest BCUT2D eigenvalue weighted by molar-refractivity contribution is -0.137. The van der Waals surface area contributed by atoms with Gasteiger partial charge in [0, 0.05) is 0 Å². The maximum Gasteiger partial charge on any atom is 0.416 e. The number of hydrogen-bond acceptors (Lipinski definition) is 6. The van der Waals surface area contributed by atoms with Crippen molar-refractivity contribution in [3.05, 3.63) is 60.7 Å². The molecule has 0 saturated heterocycles. The first kappa shape index (κ1) is 22.9. The van der Waals surface area contributed by atoms with Crippen molar-refractivity contribution in [1.29, 1.82) is 5.26 Å². The van der Waals surface area contributed by atoms with E-state index in [9.17, 15) is 23.2 Å². The number of ether oxygens (including phenoxy) is 2. The van der Waals surface area contributed by atoms with Crippen LogP contribution in [0, 0.1) is 17.2 Å². The monoisotopic (exact) mass is 444 g/mol. The SMILES string of the molecule is C=CCCC(C#N)C(=O)C(C)Oc1ccc(Oc2nc3ccc(C(F)(F)F)cc3o2)cc1. The first-order chi connectivity index (χ1) is 15.2. The molecule has 0 spiro atoms. The Bertz CT molecular complexity index is 1150. The molecule has 166 valence electrons. The topological polar surface area (TPSA) is 85.4 Å². The maximum absolute atomic E-state index is 12.8. The van der Waals surface area contributed by atoms with Crippen LogP contribution in [0.5, 0.6) is 17.6 Å². The molecule has 2 aromatic carbocycles. The van der Waals surface area contributed by atoms with E-state index in [1.54, 1.807) is 25.1 Å². The summed E-state index contributed by atoms with van der Waals surface area (Å²) in [6, 6.07) is 11.1. The second-order valence-corrected chi connectivity index (χ2v) is 6.94. The molecule has 3 aromatic rings. The lowest BCUT2D eigenvalue weighted by Gasteiger charge is -2.16. The molecule has 0 aliphatic carbocycles. The lowest BCUT2D eigenvalue weighted by Crippen LogP contribution is -2.29. The third kappa shape index (κ3) is 5.46. The number of allylic oxidation sites excluding steroid dienone is 1. The highest BCUT2D eigenvalue weighted by Crippen LogP contribution is 2.33. The summed E-state index contributed by atoms with van der Waals surface area (Å²) >= 11 is 0. The first-order valence-corrected chi connectivity index (χ1v) is 9.68. The van der Waals surface area contributed by atoms with Crippen molar-refractivity contribution >= 4 is 16.9 Å². The molecule has 9 heteroatoms. The quantitative estimate of drug-likeness (QED) is 0.372. The minimum atomic E-state index is -4.49. The van der Waals surface area contributed by atoms with Crippen molar-refractivity contribution in [3.8, 4) is 23.6 Å². The summed E-state index contributed by atoms with van der Waals surface area (Å²) in [6.45, 7) is 5.15. The number of nitriles is 1. The Labute approximate surface area is 181 Å². The zero-order valence-corrected chi connectivity index (χ0v) is 17.1. The van der Waals surface area contributed by atoms with Crippen LogP contribution in [0.3, 0.4) is 0 Å². The van der Waals surface area contributed by atoms with Crippen LogP contribution in [-0.2, 0) is 11.0 Å². The van der Waals surface area contributed by atoms with Gasteiger partial charge >= 0.3 is 12.3 Å². The highest BCUT2D eigenvalue weighted by Gasteiger charge is 2.31. The van der Waals surface area contributed by atoms with Gasteiger partial charge in [-0.15, -0.1) is 6.58 Å². The van der Waals surface area contributed by atoms with Gasteiger partial charge in [0.25, 0.3) is 0 Å². The van der Waals surface area contributed by atoms with Gasteiger partial charge in [0.05, 0.1) is 11.6 Å². The van der Waals surface area contributed by atoms with Gasteiger partial charge in [-0.25, -0.2) is 0 Å². The highest BCUT2D eigenvalue weighted by molar-refractivity contribution is 5.87. The third-order valence-electron chi connectivity index (χ3n) is 4.60. The zero-order chi connectivity index (χ0) is 23.3. The van der Waals surface area contributed by atoms with Crippen LogP contribution in [0.2, 0.25) is 0 Å². The van der Waals surface area contributed by atoms with Crippen LogP contribution < -0.4 is 9.47 Å². The minimum absolute atomic E-state index is 0.0504. The van der Waals surface area contributed by atoms with Gasteiger partial charge < -0.3 is 13.9 Å². The van der Waals surface area contributed by atoms with E-state index in [1.165, 1.54) is 18.2 Å². The number of carbonyl (C=O) groups is 1. The van der Waals surface area contributed by atoms with Crippen molar-refractivity contribution in [3.63, 3.8) is 0 Å². The molecule has 1 heterocycles. The largest absolute Gasteiger partial charge is 0.483 e. The Hall–Kier alpha value is -3.80. The molecule has 0 amide bonds. The van der Waals surface area contributed by atoms with Gasteiger partial charge in [-0.2, -0.15) is 23.4 Å². The van der Waals surface area contributed by atoms with Gasteiger partial charge in [-0.05, 0) is 62.2 Å². The number of alkyl halides is 3. The molecule has 1 aromatic heterocycles. The number of ketones is 1. The molecule has 0 saturated carbocycles. The molecule has 32 heavy (non-hydrogen) atoms. The number of halogens is 3. The van der Waals surface area contributed by atoms with Gasteiger partial charge in [-0.1, -0.05) is 6.08 Å². The van der Waals surface area contributed by atoms with Crippen LogP contribution in [0.25, 0.3) is 11.1 Å². The zero-order valence-electron chi connectivity index (χ0n) is 17.1. The second-order valence-electron chi connectivity index (χ2n) is 6.94. The molecule has 0 bridgehead atoms. The third-order valence-corrected chi connectivity index (χ3v) is 4.60. The first-order valence-electron chi connectivity index (χ1n) is 9.68. The summed E-state index contributed by atoms with van der Waals surface area (Å²) < 4.78 is 54.8. The number of carbonyl (C=O) groups excluding carboxylic acids is 1. The Balaban J connectivity index is 1.65. The molecule has 0 radical (unpaired) electrons. The van der Waals surface area contributed by atoms with E-state index in [0.717, 1.165) is 12.1 Å². The highest BCUT2D eigenvalue weighted by atomic mass is 19.4. The summed E-state index contributed by atoms with van der Waals surface area (Å²) in [7, 11) is 0. The van der Waals surface area contributed by atoms with E-state index < -0.39 is 23.8 Å². The van der Waals surface area contributed by atoms with Crippen molar-refractivity contribution in [1.82, 2.24) is 4.98 Å². The smallest absolute Gasteiger partial charge is 0.416 e. The Morgan fingerprint density at radius 2 is 1.94 bits per heavy atom. The van der Waals surface area contributed by atoms with Crippen molar-refractivity contribution in [2.75, 3.05) is 0 Å². The summed E-state index contributed by atoms with van der Waals surface area (Å²) in [5.74, 6) is -0.409. The standard InChI is InChI=1S/C23H19F3N2O4/c1-3-4-5-15(13-27)21(29)14(2)30-17-7-9-18(10-8-17)31-22-28-19-11-6-16(23(24,25)26)12-20(19)32-22/h3,6-12,14-15H,1,4-5H2,2H3. The minimum Gasteiger partial charge on any atom is -0.483 e. The summed E-state index contributed by atoms with van der Waals surface area (Å²) in [5, 5.41) is 9.17. The molecule has 3 rings (SSSR count). The van der Waals surface area contributed by atoms with E-state index in [1.807, 2.05) is 6.07 Å². The van der Waals surface area contributed by atoms with Gasteiger partial charge in [0.2, 0.25) is 0 Å². The number of Topliss-reactive ketones (excluding diaryl/α,β-unsaturated/α-hetero) is 1. The average Bonchev–Trinajstić information content (AvgIpc) is 3.16. The van der Waals surface area contributed by atoms with Crippen LogP contribution >= 0.6 is 0 Å². The van der Waals surface area contributed by atoms with Gasteiger partial charge in [-0.3, -0.25) is 4.79 Å². The number of rotatable bonds is 9. The lowest BCUT2D eigenvalue weighted by atomic mass is 9.97. The molecule has 6 nitrogen and oxygen atoms in total. The molecular formula is C23H19F3N2O4. The predicted octanol–water partition coefficient (Wildman–Crippen LogP) is 6.08. The number of oxazole rings is 1. The number of fused-ring (bicyclic) bond motifs is 1. The van der Waals surface area contributed by atoms with E-state index in [4.69, 9.17) is 13.9 Å². The van der Waals surface area contributed by atoms with E-state index in [2.05, 4.69) is 11.6 Å². The van der Waals surface area contributed by atoms with Crippen molar-refractivity contribution < 1.29 is 31.9 Å². The Kier molecular flexibility index (Phi) is 6.83. The fourth-order valence-electron chi connectivity index (χ4n) is 2.91. The Morgan fingerprint density at radius 1 is 1.25 bits per heavy atom. The molecule has 2 unspecified atom stereocenters. The number of benzene rings is 2. The number of aromatic nitrogens is 1. The predicted molar refractivity (Wildman–Crippen MR) is 109 cm³/mol. The fraction of sp³-hybridized carbons (Fsp3) is 0.261. The molecule has 0 aliphatic rings. The van der Waals surface area contributed by atoms with Crippen molar-refractivity contribution in [2.45, 2.75) is 32.0 Å². The van der Waals surface area contributed by atoms with E-state index in [-0.39, 0.29) is 23.0 Å². The van der Waals surface area contributed by atoms with Crippen LogP contribution in [0.1, 0.15) is 25.3 Å². The summed E-state index contributed by atoms with van der Waals surface area (Å²) in [4.78, 5) is 16.4. The fourth-order valence-corrected chi connectivity index (χ4v) is 2.91. The normalized spacial score (nSPS) is 13.2. The van der Waals surface area contributed by atoms with Crippen LogP contribution in [0.15, 0.2) is 59.5 Å². The maximum atomic E-state index is 12.8.